The molecule has 1 fully saturated rings. The van der Waals surface area contributed by atoms with Gasteiger partial charge in [0.15, 0.2) is 0 Å². The lowest BCUT2D eigenvalue weighted by Gasteiger charge is -2.34. The Hall–Kier alpha value is 0.454. The summed E-state index contributed by atoms with van der Waals surface area (Å²) in [7, 11) is -5.25. The third kappa shape index (κ3) is 2.77. The fraction of sp³-hybridized carbons (Fsp3) is 1.00. The van der Waals surface area contributed by atoms with Gasteiger partial charge in [0.05, 0.1) is 0 Å². The monoisotopic (exact) mass is 265 g/mol. The molecule has 0 aromatic rings. The molecule has 1 aliphatic heterocycles. The van der Waals surface area contributed by atoms with Crippen LogP contribution in [0.4, 0.5) is 0 Å². The third-order valence-electron chi connectivity index (χ3n) is 3.76. The molecule has 1 saturated heterocycles. The summed E-state index contributed by atoms with van der Waals surface area (Å²) in [6.07, 6.45) is 0. The maximum absolute atomic E-state index is 11.7. The zero-order valence-corrected chi connectivity index (χ0v) is 13.1. The molecular formula is C9H22O3PSi2+. The molecule has 6 heteroatoms. The molecule has 1 aliphatic rings. The highest BCUT2D eigenvalue weighted by Crippen LogP contribution is 2.48. The van der Waals surface area contributed by atoms with Crippen molar-refractivity contribution in [2.24, 2.45) is 0 Å². The molecule has 0 aromatic heterocycles. The van der Waals surface area contributed by atoms with E-state index in [1.807, 2.05) is 0 Å². The van der Waals surface area contributed by atoms with E-state index in [1.54, 1.807) is 0 Å². The summed E-state index contributed by atoms with van der Waals surface area (Å²) in [5.74, 6) is 0. The zero-order valence-electron chi connectivity index (χ0n) is 10.2. The maximum Gasteiger partial charge on any atom is 0.673 e. The Bertz CT molecular complexity index is 218. The smallest absolute Gasteiger partial charge is 0.176 e. The minimum absolute atomic E-state index is 1.07. The minimum Gasteiger partial charge on any atom is -0.176 e. The van der Waals surface area contributed by atoms with Crippen molar-refractivity contribution in [3.63, 3.8) is 0 Å². The molecule has 0 atom stereocenters. The van der Waals surface area contributed by atoms with Crippen LogP contribution in [0.25, 0.3) is 0 Å². The zero-order chi connectivity index (χ0) is 11.5. The van der Waals surface area contributed by atoms with Gasteiger partial charge in [-0.1, -0.05) is 27.7 Å². The first-order valence-corrected chi connectivity index (χ1v) is 12.1. The molecule has 3 nitrogen and oxygen atoms in total. The van der Waals surface area contributed by atoms with E-state index in [2.05, 4.69) is 27.7 Å². The van der Waals surface area contributed by atoms with Gasteiger partial charge in [-0.3, -0.25) is 0 Å². The van der Waals surface area contributed by atoms with Gasteiger partial charge in [-0.25, -0.2) is 0 Å². The highest BCUT2D eigenvalue weighted by atomic mass is 31.1. The second-order valence-corrected chi connectivity index (χ2v) is 15.2. The highest BCUT2D eigenvalue weighted by molar-refractivity contribution is 7.40. The Morgan fingerprint density at radius 3 is 1.53 bits per heavy atom. The predicted octanol–water partition coefficient (Wildman–Crippen LogP) is 4.20. The van der Waals surface area contributed by atoms with Crippen molar-refractivity contribution < 1.29 is 13.0 Å². The minimum atomic E-state index is -1.82. The van der Waals surface area contributed by atoms with Crippen molar-refractivity contribution >= 4 is 24.9 Å². The second kappa shape index (κ2) is 5.19. The largest absolute Gasteiger partial charge is 0.673 e. The summed E-state index contributed by atoms with van der Waals surface area (Å²) in [5, 5.41) is 0. The van der Waals surface area contributed by atoms with E-state index in [-0.39, 0.29) is 0 Å². The average Bonchev–Trinajstić information content (AvgIpc) is 2.28. The lowest BCUT2D eigenvalue weighted by Crippen LogP contribution is -2.51. The Balaban J connectivity index is 2.92. The summed E-state index contributed by atoms with van der Waals surface area (Å²) < 4.78 is 23.1. The molecule has 0 N–H and O–H groups in total. The van der Waals surface area contributed by atoms with Crippen molar-refractivity contribution in [2.45, 2.75) is 57.5 Å². The summed E-state index contributed by atoms with van der Waals surface area (Å²) >= 11 is 0. The van der Waals surface area contributed by atoms with Gasteiger partial charge >= 0.3 is 8.25 Å². The van der Waals surface area contributed by atoms with Gasteiger partial charge in [-0.15, -0.1) is 0 Å². The number of rotatable bonds is 4. The first kappa shape index (κ1) is 13.5. The van der Waals surface area contributed by atoms with Crippen LogP contribution < -0.4 is 0 Å². The van der Waals surface area contributed by atoms with E-state index < -0.39 is 24.9 Å². The molecule has 1 rings (SSSR count). The standard InChI is InChI=1S/C9H22O3PSi2/c1-5-14(6-2)9-15(7-3,8-4)12-13(10)11-14/h5-9H2,1-4H3/q+1. The molecule has 0 radical (unpaired) electrons. The lowest BCUT2D eigenvalue weighted by molar-refractivity contribution is 0.385. The van der Waals surface area contributed by atoms with Gasteiger partial charge in [0.2, 0.25) is 0 Å². The van der Waals surface area contributed by atoms with Gasteiger partial charge in [0, 0.05) is 4.57 Å². The lowest BCUT2D eigenvalue weighted by atomic mass is 10.9. The first-order valence-electron chi connectivity index (χ1n) is 5.91. The summed E-state index contributed by atoms with van der Waals surface area (Å²) in [6, 6.07) is 4.29. The van der Waals surface area contributed by atoms with Crippen molar-refractivity contribution in [2.75, 3.05) is 0 Å². The topological polar surface area (TPSA) is 35.5 Å². The molecule has 0 amide bonds. The molecule has 1 heterocycles. The van der Waals surface area contributed by atoms with Crippen LogP contribution in [0.5, 0.6) is 0 Å². The summed E-state index contributed by atoms with van der Waals surface area (Å²) in [4.78, 5) is 0. The van der Waals surface area contributed by atoms with Crippen LogP contribution in [0.1, 0.15) is 27.7 Å². The SMILES string of the molecule is CC[Si]1(CC)C[Si](CC)(CC)O[P+](=O)O1. The van der Waals surface area contributed by atoms with Crippen LogP contribution in [0.2, 0.25) is 29.8 Å². The van der Waals surface area contributed by atoms with Crippen molar-refractivity contribution in [1.82, 2.24) is 0 Å². The van der Waals surface area contributed by atoms with Gasteiger partial charge in [0.25, 0.3) is 16.6 Å². The molecule has 0 bridgehead atoms. The quantitative estimate of drug-likeness (QED) is 0.564. The number of hydrogen-bond acceptors (Lipinski definition) is 3. The van der Waals surface area contributed by atoms with Crippen molar-refractivity contribution in [3.8, 4) is 0 Å². The molecule has 0 spiro atoms. The second-order valence-electron chi connectivity index (χ2n) is 4.36. The highest BCUT2D eigenvalue weighted by Gasteiger charge is 2.58. The fourth-order valence-electron chi connectivity index (χ4n) is 2.24. The van der Waals surface area contributed by atoms with Crippen molar-refractivity contribution in [1.29, 1.82) is 0 Å². The van der Waals surface area contributed by atoms with E-state index in [0.717, 1.165) is 29.8 Å². The van der Waals surface area contributed by atoms with Crippen molar-refractivity contribution in [3.05, 3.63) is 0 Å². The Kier molecular flexibility index (Phi) is 4.68. The van der Waals surface area contributed by atoms with Crippen LogP contribution in [-0.4, -0.2) is 16.6 Å². The van der Waals surface area contributed by atoms with Gasteiger partial charge in [-0.2, -0.15) is 8.43 Å². The van der Waals surface area contributed by atoms with Crippen LogP contribution in [0.3, 0.4) is 0 Å². The predicted molar refractivity (Wildman–Crippen MR) is 68.0 cm³/mol. The van der Waals surface area contributed by atoms with E-state index in [0.29, 0.717) is 0 Å². The Morgan fingerprint density at radius 1 is 0.933 bits per heavy atom. The maximum atomic E-state index is 11.7. The fourth-order valence-corrected chi connectivity index (χ4v) is 18.7. The van der Waals surface area contributed by atoms with Gasteiger partial charge < -0.3 is 0 Å². The molecular weight excluding hydrogens is 243 g/mol. The van der Waals surface area contributed by atoms with Gasteiger partial charge in [-0.05, 0) is 29.8 Å². The van der Waals surface area contributed by atoms with Crippen LogP contribution in [0.15, 0.2) is 0 Å². The van der Waals surface area contributed by atoms with Crippen LogP contribution in [0, 0.1) is 0 Å². The summed E-state index contributed by atoms with van der Waals surface area (Å²) in [5.41, 5.74) is 1.14. The van der Waals surface area contributed by atoms with Crippen LogP contribution in [-0.2, 0) is 13.0 Å². The Labute approximate surface area is 95.8 Å². The summed E-state index contributed by atoms with van der Waals surface area (Å²) in [6.45, 7) is 8.70. The molecule has 0 unspecified atom stereocenters. The third-order valence-corrected chi connectivity index (χ3v) is 18.4. The number of hydrogen-bond donors (Lipinski definition) is 0. The molecule has 0 aromatic carbocycles. The first-order chi connectivity index (χ1) is 7.05. The average molecular weight is 265 g/mol. The molecule has 15 heavy (non-hydrogen) atoms. The normalized spacial score (nSPS) is 24.1. The van der Waals surface area contributed by atoms with Gasteiger partial charge in [0.1, 0.15) is 0 Å². The molecule has 0 aliphatic carbocycles. The molecule has 88 valence electrons. The van der Waals surface area contributed by atoms with E-state index in [4.69, 9.17) is 8.43 Å². The van der Waals surface area contributed by atoms with E-state index >= 15 is 0 Å². The molecule has 0 saturated carbocycles. The van der Waals surface area contributed by atoms with E-state index in [1.165, 1.54) is 0 Å². The Morgan fingerprint density at radius 2 is 1.27 bits per heavy atom. The van der Waals surface area contributed by atoms with Crippen LogP contribution >= 0.6 is 8.25 Å². The van der Waals surface area contributed by atoms with E-state index in [9.17, 15) is 4.57 Å².